The van der Waals surface area contributed by atoms with Crippen molar-refractivity contribution in [1.29, 1.82) is 0 Å². The van der Waals surface area contributed by atoms with Gasteiger partial charge in [-0.1, -0.05) is 30.5 Å². The number of carbonyl (C=O) groups is 1. The van der Waals surface area contributed by atoms with Crippen molar-refractivity contribution in [3.63, 3.8) is 0 Å². The lowest BCUT2D eigenvalue weighted by Crippen LogP contribution is -2.51. The van der Waals surface area contributed by atoms with Crippen LogP contribution in [0.15, 0.2) is 34.4 Å². The molecular weight excluding hydrogens is 264 g/mol. The number of hydrogen-bond acceptors (Lipinski definition) is 4. The van der Waals surface area contributed by atoms with Crippen LogP contribution in [0.3, 0.4) is 0 Å². The number of rotatable bonds is 3. The summed E-state index contributed by atoms with van der Waals surface area (Å²) in [4.78, 5) is 16.5. The number of fused-ring (bicyclic) bond motifs is 1. The fourth-order valence-corrected chi connectivity index (χ4v) is 2.80. The monoisotopic (exact) mass is 284 g/mol. The van der Waals surface area contributed by atoms with Crippen molar-refractivity contribution in [3.05, 3.63) is 29.8 Å². The third kappa shape index (κ3) is 3.29. The smallest absolute Gasteiger partial charge is 0.271 e. The molecule has 5 heteroatoms. The summed E-state index contributed by atoms with van der Waals surface area (Å²) in [6.45, 7) is 2.04. The lowest BCUT2D eigenvalue weighted by atomic mass is 9.89. The number of aryl methyl sites for hydroxylation is 1. The lowest BCUT2D eigenvalue weighted by molar-refractivity contribution is -0.116. The molecule has 0 bridgehead atoms. The molecule has 1 aromatic carbocycles. The second-order valence-electron chi connectivity index (χ2n) is 5.68. The van der Waals surface area contributed by atoms with Gasteiger partial charge in [-0.3, -0.25) is 15.2 Å². The zero-order valence-electron chi connectivity index (χ0n) is 12.2. The molecule has 2 N–H and O–H groups in total. The van der Waals surface area contributed by atoms with E-state index in [0.29, 0.717) is 5.71 Å². The van der Waals surface area contributed by atoms with Gasteiger partial charge in [0.15, 0.2) is 0 Å². The Kier molecular flexibility index (Phi) is 3.99. The highest BCUT2D eigenvalue weighted by Gasteiger charge is 2.31. The molecule has 1 aromatic rings. The zero-order valence-corrected chi connectivity index (χ0v) is 12.2. The molecule has 0 saturated heterocycles. The zero-order chi connectivity index (χ0) is 14.7. The van der Waals surface area contributed by atoms with Gasteiger partial charge in [-0.2, -0.15) is 5.10 Å². The minimum Gasteiger partial charge on any atom is -0.346 e. The van der Waals surface area contributed by atoms with Crippen molar-refractivity contribution < 1.29 is 4.79 Å². The Hall–Kier alpha value is -2.17. The van der Waals surface area contributed by atoms with Crippen LogP contribution in [0.25, 0.3) is 0 Å². The summed E-state index contributed by atoms with van der Waals surface area (Å²) in [6, 6.07) is 8.36. The van der Waals surface area contributed by atoms with Gasteiger partial charge in [-0.15, -0.1) is 0 Å². The van der Waals surface area contributed by atoms with E-state index in [-0.39, 0.29) is 18.0 Å². The van der Waals surface area contributed by atoms with Crippen LogP contribution >= 0.6 is 0 Å². The summed E-state index contributed by atoms with van der Waals surface area (Å²) in [7, 11) is 0. The van der Waals surface area contributed by atoms with Gasteiger partial charge in [0.1, 0.15) is 5.71 Å². The maximum atomic E-state index is 12.0. The van der Waals surface area contributed by atoms with E-state index >= 15 is 0 Å². The average molecular weight is 284 g/mol. The van der Waals surface area contributed by atoms with Gasteiger partial charge in [0.05, 0.1) is 24.0 Å². The molecule has 1 saturated carbocycles. The summed E-state index contributed by atoms with van der Waals surface area (Å²) < 4.78 is 0. The summed E-state index contributed by atoms with van der Waals surface area (Å²) in [5, 5.41) is 7.15. The summed E-state index contributed by atoms with van der Waals surface area (Å²) in [5.41, 5.74) is 5.43. The molecule has 3 rings (SSSR count). The topological polar surface area (TPSA) is 65.8 Å². The molecule has 110 valence electrons. The first-order valence-electron chi connectivity index (χ1n) is 7.47. The van der Waals surface area contributed by atoms with E-state index in [0.717, 1.165) is 18.5 Å². The molecule has 1 aliphatic carbocycles. The number of aliphatic imine (C=N–C) groups is 1. The van der Waals surface area contributed by atoms with E-state index < -0.39 is 0 Å². The minimum absolute atomic E-state index is 0.118. The maximum absolute atomic E-state index is 12.0. The molecule has 0 spiro atoms. The van der Waals surface area contributed by atoms with E-state index in [1.807, 2.05) is 31.2 Å². The van der Waals surface area contributed by atoms with E-state index in [2.05, 4.69) is 20.8 Å². The molecule has 21 heavy (non-hydrogen) atoms. The molecule has 0 aromatic heterocycles. The van der Waals surface area contributed by atoms with Crippen molar-refractivity contribution in [2.75, 3.05) is 5.43 Å². The van der Waals surface area contributed by atoms with Gasteiger partial charge in [-0.05, 0) is 31.9 Å². The van der Waals surface area contributed by atoms with Crippen molar-refractivity contribution in [2.24, 2.45) is 10.1 Å². The second-order valence-corrected chi connectivity index (χ2v) is 5.68. The molecular formula is C16H20N4O. The Morgan fingerprint density at radius 3 is 2.86 bits per heavy atom. The van der Waals surface area contributed by atoms with Gasteiger partial charge < -0.3 is 5.32 Å². The van der Waals surface area contributed by atoms with E-state index in [4.69, 9.17) is 0 Å². The van der Waals surface area contributed by atoms with Crippen molar-refractivity contribution >= 4 is 23.5 Å². The fourth-order valence-electron chi connectivity index (χ4n) is 2.80. The third-order valence-electron chi connectivity index (χ3n) is 4.02. The summed E-state index contributed by atoms with van der Waals surface area (Å²) in [5.74, 6) is -0.118. The number of hydrazone groups is 1. The van der Waals surface area contributed by atoms with Crippen LogP contribution in [-0.2, 0) is 4.79 Å². The number of nitrogens with one attached hydrogen (secondary N) is 2. The summed E-state index contributed by atoms with van der Waals surface area (Å²) in [6.07, 6.45) is 5.96. The number of anilines is 1. The first-order chi connectivity index (χ1) is 10.2. The predicted octanol–water partition coefficient (Wildman–Crippen LogP) is 2.27. The number of nitrogens with zero attached hydrogens (tertiary/aromatic N) is 2. The Balaban J connectivity index is 1.65. The Labute approximate surface area is 124 Å². The van der Waals surface area contributed by atoms with Gasteiger partial charge in [0.25, 0.3) is 5.91 Å². The SMILES string of the molecule is Cc1ccc(N/N=C/C2=NC3CCCCC3NC2=O)cc1. The van der Waals surface area contributed by atoms with Crippen LogP contribution in [0.4, 0.5) is 5.69 Å². The highest BCUT2D eigenvalue weighted by atomic mass is 16.2. The molecule has 2 aliphatic rings. The van der Waals surface area contributed by atoms with Crippen molar-refractivity contribution in [3.8, 4) is 0 Å². The van der Waals surface area contributed by atoms with Crippen LogP contribution < -0.4 is 10.7 Å². The predicted molar refractivity (Wildman–Crippen MR) is 84.9 cm³/mol. The van der Waals surface area contributed by atoms with Crippen LogP contribution in [0.2, 0.25) is 0 Å². The molecule has 5 nitrogen and oxygen atoms in total. The normalized spacial score (nSPS) is 25.2. The first kappa shape index (κ1) is 13.8. The van der Waals surface area contributed by atoms with Crippen molar-refractivity contribution in [2.45, 2.75) is 44.7 Å². The van der Waals surface area contributed by atoms with E-state index in [1.165, 1.54) is 24.6 Å². The molecule has 0 radical (unpaired) electrons. The highest BCUT2D eigenvalue weighted by molar-refractivity contribution is 6.61. The van der Waals surface area contributed by atoms with Crippen molar-refractivity contribution in [1.82, 2.24) is 5.32 Å². The molecule has 1 fully saturated rings. The van der Waals surface area contributed by atoms with Gasteiger partial charge >= 0.3 is 0 Å². The Morgan fingerprint density at radius 2 is 2.05 bits per heavy atom. The molecule has 1 heterocycles. The van der Waals surface area contributed by atoms with Gasteiger partial charge in [0.2, 0.25) is 0 Å². The molecule has 1 aliphatic heterocycles. The van der Waals surface area contributed by atoms with E-state index in [1.54, 1.807) is 0 Å². The van der Waals surface area contributed by atoms with E-state index in [9.17, 15) is 4.79 Å². The third-order valence-corrected chi connectivity index (χ3v) is 4.02. The number of hydrogen-bond donors (Lipinski definition) is 2. The Bertz CT molecular complexity index is 576. The average Bonchev–Trinajstić information content (AvgIpc) is 2.50. The van der Waals surface area contributed by atoms with Crippen LogP contribution in [0.1, 0.15) is 31.2 Å². The number of amides is 1. The number of carbonyl (C=O) groups excluding carboxylic acids is 1. The Morgan fingerprint density at radius 1 is 1.29 bits per heavy atom. The molecule has 1 amide bonds. The second kappa shape index (κ2) is 6.08. The van der Waals surface area contributed by atoms with Gasteiger partial charge in [0, 0.05) is 0 Å². The minimum atomic E-state index is -0.118. The standard InChI is InChI=1S/C16H20N4O/c1-11-6-8-12(9-7-11)20-17-10-15-16(21)19-14-5-3-2-4-13(14)18-15/h6-10,13-14,20H,2-5H2,1H3,(H,19,21)/b17-10+. The highest BCUT2D eigenvalue weighted by Crippen LogP contribution is 2.23. The quantitative estimate of drug-likeness (QED) is 0.660. The van der Waals surface area contributed by atoms with Crippen LogP contribution in [0.5, 0.6) is 0 Å². The van der Waals surface area contributed by atoms with Crippen LogP contribution in [0, 0.1) is 6.92 Å². The lowest BCUT2D eigenvalue weighted by Gasteiger charge is -2.32. The van der Waals surface area contributed by atoms with Crippen LogP contribution in [-0.4, -0.2) is 29.9 Å². The number of benzene rings is 1. The largest absolute Gasteiger partial charge is 0.346 e. The fraction of sp³-hybridized carbons (Fsp3) is 0.438. The maximum Gasteiger partial charge on any atom is 0.271 e. The van der Waals surface area contributed by atoms with Gasteiger partial charge in [-0.25, -0.2) is 0 Å². The molecule has 2 atom stereocenters. The first-order valence-corrected chi connectivity index (χ1v) is 7.47. The summed E-state index contributed by atoms with van der Waals surface area (Å²) >= 11 is 0. The molecule has 2 unspecified atom stereocenters.